The number of aryl methyl sites for hydroxylation is 1. The number of nitrogens with one attached hydrogen (secondary N) is 1. The van der Waals surface area contributed by atoms with Crippen molar-refractivity contribution in [3.05, 3.63) is 11.9 Å². The second kappa shape index (κ2) is 4.29. The molecule has 2 aromatic rings. The van der Waals surface area contributed by atoms with E-state index in [1.54, 1.807) is 11.3 Å². The smallest absolute Gasteiger partial charge is 0.214 e. The van der Waals surface area contributed by atoms with Crippen LogP contribution in [0.15, 0.2) is 6.20 Å². The van der Waals surface area contributed by atoms with E-state index < -0.39 is 0 Å². The van der Waals surface area contributed by atoms with E-state index in [0.717, 1.165) is 21.7 Å². The van der Waals surface area contributed by atoms with Crippen LogP contribution in [0, 0.1) is 12.8 Å². The van der Waals surface area contributed by atoms with E-state index in [0.29, 0.717) is 6.04 Å². The Balaban J connectivity index is 1.77. The summed E-state index contributed by atoms with van der Waals surface area (Å²) < 4.78 is 1.87. The van der Waals surface area contributed by atoms with Gasteiger partial charge in [-0.25, -0.2) is 9.50 Å². The highest BCUT2D eigenvalue weighted by atomic mass is 32.1. The number of hydrogen-bond acceptors (Lipinski definition) is 4. The molecule has 0 spiro atoms. The maximum Gasteiger partial charge on any atom is 0.214 e. The average molecular weight is 250 g/mol. The highest BCUT2D eigenvalue weighted by Gasteiger charge is 2.22. The summed E-state index contributed by atoms with van der Waals surface area (Å²) >= 11 is 1.64. The molecule has 0 amide bonds. The third-order valence-corrected chi connectivity index (χ3v) is 4.44. The summed E-state index contributed by atoms with van der Waals surface area (Å²) in [4.78, 5) is 5.40. The summed E-state index contributed by atoms with van der Waals surface area (Å²) in [6.07, 6.45) is 7.28. The normalized spacial score (nSPS) is 25.3. The van der Waals surface area contributed by atoms with Gasteiger partial charge in [0.2, 0.25) is 10.1 Å². The van der Waals surface area contributed by atoms with Crippen molar-refractivity contribution >= 4 is 21.4 Å². The Kier molecular flexibility index (Phi) is 2.78. The predicted octanol–water partition coefficient (Wildman–Crippen LogP) is 3.09. The van der Waals surface area contributed by atoms with Gasteiger partial charge in [-0.3, -0.25) is 0 Å². The van der Waals surface area contributed by atoms with Gasteiger partial charge in [-0.1, -0.05) is 31.1 Å². The molecule has 5 heteroatoms. The van der Waals surface area contributed by atoms with Crippen LogP contribution in [0.5, 0.6) is 0 Å². The van der Waals surface area contributed by atoms with Gasteiger partial charge in [-0.05, 0) is 25.7 Å². The third kappa shape index (κ3) is 2.16. The standard InChI is InChI=1S/C12H18N4S/c1-8-5-3-4-6-10(8)14-11-15-16-7-9(2)13-12(16)17-11/h7-8,10H,3-6H2,1-2H3,(H,14,15)/t8-,10+/m1/s1. The fourth-order valence-corrected chi connectivity index (χ4v) is 3.45. The van der Waals surface area contributed by atoms with E-state index in [2.05, 4.69) is 22.3 Å². The summed E-state index contributed by atoms with van der Waals surface area (Å²) in [6, 6.07) is 0.584. The minimum atomic E-state index is 0.584. The molecule has 2 atom stereocenters. The van der Waals surface area contributed by atoms with Crippen molar-refractivity contribution in [1.82, 2.24) is 14.6 Å². The molecule has 0 unspecified atom stereocenters. The fourth-order valence-electron chi connectivity index (χ4n) is 2.56. The first-order valence-corrected chi connectivity index (χ1v) is 7.13. The zero-order chi connectivity index (χ0) is 11.8. The molecular weight excluding hydrogens is 232 g/mol. The second-order valence-corrected chi connectivity index (χ2v) is 5.99. The number of rotatable bonds is 2. The molecule has 2 heterocycles. The average Bonchev–Trinajstić information content (AvgIpc) is 2.78. The van der Waals surface area contributed by atoms with Gasteiger partial charge in [-0.2, -0.15) is 0 Å². The monoisotopic (exact) mass is 250 g/mol. The van der Waals surface area contributed by atoms with E-state index in [-0.39, 0.29) is 0 Å². The van der Waals surface area contributed by atoms with Crippen molar-refractivity contribution in [3.8, 4) is 0 Å². The number of anilines is 1. The molecule has 0 saturated heterocycles. The zero-order valence-corrected chi connectivity index (χ0v) is 11.1. The van der Waals surface area contributed by atoms with E-state index in [9.17, 15) is 0 Å². The minimum absolute atomic E-state index is 0.584. The van der Waals surface area contributed by atoms with Gasteiger partial charge in [0.25, 0.3) is 0 Å². The molecule has 1 fully saturated rings. The van der Waals surface area contributed by atoms with Crippen LogP contribution in [0.4, 0.5) is 5.13 Å². The second-order valence-electron chi connectivity index (χ2n) is 5.03. The molecular formula is C12H18N4S. The topological polar surface area (TPSA) is 42.2 Å². The van der Waals surface area contributed by atoms with Crippen molar-refractivity contribution in [3.63, 3.8) is 0 Å². The Morgan fingerprint density at radius 1 is 1.41 bits per heavy atom. The molecule has 0 radical (unpaired) electrons. The molecule has 0 bridgehead atoms. The van der Waals surface area contributed by atoms with Gasteiger partial charge in [0.15, 0.2) is 0 Å². The third-order valence-electron chi connectivity index (χ3n) is 3.58. The van der Waals surface area contributed by atoms with Gasteiger partial charge < -0.3 is 5.32 Å². The van der Waals surface area contributed by atoms with E-state index in [4.69, 9.17) is 0 Å². The molecule has 0 aliphatic heterocycles. The Morgan fingerprint density at radius 2 is 2.24 bits per heavy atom. The molecule has 1 N–H and O–H groups in total. The van der Waals surface area contributed by atoms with Crippen LogP contribution in [-0.2, 0) is 0 Å². The van der Waals surface area contributed by atoms with Crippen LogP contribution >= 0.6 is 11.3 Å². The van der Waals surface area contributed by atoms with E-state index in [1.165, 1.54) is 25.7 Å². The lowest BCUT2D eigenvalue weighted by atomic mass is 9.86. The molecule has 92 valence electrons. The van der Waals surface area contributed by atoms with Crippen LogP contribution in [-0.4, -0.2) is 20.6 Å². The Bertz CT molecular complexity index is 484. The molecule has 1 saturated carbocycles. The van der Waals surface area contributed by atoms with Gasteiger partial charge >= 0.3 is 0 Å². The summed E-state index contributed by atoms with van der Waals surface area (Å²) in [6.45, 7) is 4.33. The molecule has 1 aliphatic carbocycles. The lowest BCUT2D eigenvalue weighted by Crippen LogP contribution is -2.30. The van der Waals surface area contributed by atoms with Gasteiger partial charge in [0, 0.05) is 6.04 Å². The Labute approximate surface area is 105 Å². The number of imidazole rings is 1. The predicted molar refractivity (Wildman–Crippen MR) is 70.6 cm³/mol. The first-order chi connectivity index (χ1) is 8.22. The van der Waals surface area contributed by atoms with Crippen LogP contribution < -0.4 is 5.32 Å². The zero-order valence-electron chi connectivity index (χ0n) is 10.3. The van der Waals surface area contributed by atoms with Crippen LogP contribution in [0.25, 0.3) is 4.96 Å². The summed E-state index contributed by atoms with van der Waals surface area (Å²) in [5.41, 5.74) is 1.03. The Morgan fingerprint density at radius 3 is 3.00 bits per heavy atom. The largest absolute Gasteiger partial charge is 0.357 e. The van der Waals surface area contributed by atoms with Gasteiger partial charge in [0.05, 0.1) is 11.9 Å². The Hall–Kier alpha value is -1.10. The van der Waals surface area contributed by atoms with Crippen LogP contribution in [0.1, 0.15) is 38.3 Å². The highest BCUT2D eigenvalue weighted by Crippen LogP contribution is 2.28. The number of nitrogens with zero attached hydrogens (tertiary/aromatic N) is 3. The molecule has 17 heavy (non-hydrogen) atoms. The molecule has 2 aromatic heterocycles. The van der Waals surface area contributed by atoms with Crippen molar-refractivity contribution in [1.29, 1.82) is 0 Å². The summed E-state index contributed by atoms with van der Waals surface area (Å²) in [7, 11) is 0. The van der Waals surface area contributed by atoms with Crippen molar-refractivity contribution in [2.75, 3.05) is 5.32 Å². The molecule has 3 rings (SSSR count). The first-order valence-electron chi connectivity index (χ1n) is 6.32. The lowest BCUT2D eigenvalue weighted by Gasteiger charge is -2.29. The molecule has 4 nitrogen and oxygen atoms in total. The first kappa shape index (κ1) is 11.0. The SMILES string of the molecule is Cc1cn2nc(N[C@H]3CCCC[C@H]3C)sc2n1. The molecule has 0 aromatic carbocycles. The highest BCUT2D eigenvalue weighted by molar-refractivity contribution is 7.20. The summed E-state index contributed by atoms with van der Waals surface area (Å²) in [5, 5.41) is 9.10. The van der Waals surface area contributed by atoms with Crippen LogP contribution in [0.3, 0.4) is 0 Å². The van der Waals surface area contributed by atoms with Gasteiger partial charge in [-0.15, -0.1) is 5.10 Å². The van der Waals surface area contributed by atoms with E-state index in [1.807, 2.05) is 17.6 Å². The number of fused-ring (bicyclic) bond motifs is 1. The summed E-state index contributed by atoms with van der Waals surface area (Å²) in [5.74, 6) is 0.752. The minimum Gasteiger partial charge on any atom is -0.357 e. The quantitative estimate of drug-likeness (QED) is 0.890. The van der Waals surface area contributed by atoms with Crippen molar-refractivity contribution in [2.45, 2.75) is 45.6 Å². The maximum atomic E-state index is 4.52. The van der Waals surface area contributed by atoms with Crippen molar-refractivity contribution < 1.29 is 0 Å². The number of hydrogen-bond donors (Lipinski definition) is 1. The van der Waals surface area contributed by atoms with Crippen LogP contribution in [0.2, 0.25) is 0 Å². The fraction of sp³-hybridized carbons (Fsp3) is 0.667. The van der Waals surface area contributed by atoms with E-state index >= 15 is 0 Å². The lowest BCUT2D eigenvalue weighted by molar-refractivity contribution is 0.349. The number of aromatic nitrogens is 3. The van der Waals surface area contributed by atoms with Gasteiger partial charge in [0.1, 0.15) is 0 Å². The maximum absolute atomic E-state index is 4.52. The van der Waals surface area contributed by atoms with Crippen molar-refractivity contribution in [2.24, 2.45) is 5.92 Å². The molecule has 1 aliphatic rings.